The van der Waals surface area contributed by atoms with Crippen LogP contribution in [0.5, 0.6) is 0 Å². The average molecular weight is 423 g/mol. The fourth-order valence-electron chi connectivity index (χ4n) is 6.84. The number of hydrogen-bond acceptors (Lipinski definition) is 3. The fraction of sp³-hybridized carbons (Fsp3) is 0.643. The predicted molar refractivity (Wildman–Crippen MR) is 124 cm³/mol. The van der Waals surface area contributed by atoms with Crippen molar-refractivity contribution in [3.63, 3.8) is 0 Å². The normalized spacial score (nSPS) is 38.2. The first-order valence-electron chi connectivity index (χ1n) is 12.0. The van der Waals surface area contributed by atoms with Gasteiger partial charge >= 0.3 is 5.97 Å². The quantitative estimate of drug-likeness (QED) is 0.326. The van der Waals surface area contributed by atoms with Gasteiger partial charge in [0.15, 0.2) is 5.78 Å². The maximum atomic E-state index is 13.8. The molecular weight excluding hydrogens is 384 g/mol. The lowest BCUT2D eigenvalue weighted by Crippen LogP contribution is -2.52. The minimum absolute atomic E-state index is 0.0529. The lowest BCUT2D eigenvalue weighted by molar-refractivity contribution is -0.177. The molecule has 1 unspecified atom stereocenters. The molecule has 0 N–H and O–H groups in total. The summed E-state index contributed by atoms with van der Waals surface area (Å²) in [6.45, 7) is 15.3. The van der Waals surface area contributed by atoms with Gasteiger partial charge < -0.3 is 4.74 Å². The van der Waals surface area contributed by atoms with Crippen molar-refractivity contribution in [1.82, 2.24) is 0 Å². The van der Waals surface area contributed by atoms with Crippen molar-refractivity contribution in [3.05, 3.63) is 48.0 Å². The van der Waals surface area contributed by atoms with Gasteiger partial charge in [0.05, 0.1) is 0 Å². The van der Waals surface area contributed by atoms with E-state index in [1.165, 1.54) is 5.56 Å². The molecule has 6 atom stereocenters. The van der Waals surface area contributed by atoms with Crippen molar-refractivity contribution in [1.29, 1.82) is 0 Å². The first kappa shape index (κ1) is 22.3. The molecule has 2 bridgehead atoms. The van der Waals surface area contributed by atoms with Gasteiger partial charge in [0.2, 0.25) is 0 Å². The van der Waals surface area contributed by atoms with Crippen molar-refractivity contribution >= 4 is 11.8 Å². The molecule has 3 saturated carbocycles. The molecule has 3 aliphatic carbocycles. The SMILES string of the molecule is C=C1C[C@@]2(C(=O)O[C@@H]3C[C@H](C)CC[C@H]3C(C)(C)c3ccccc3)C(=O)CC[C@]1(C)C2C. The van der Waals surface area contributed by atoms with Crippen molar-refractivity contribution in [2.75, 3.05) is 0 Å². The number of ether oxygens (including phenoxy) is 1. The van der Waals surface area contributed by atoms with Crippen LogP contribution in [0.3, 0.4) is 0 Å². The molecule has 3 fully saturated rings. The Balaban J connectivity index is 1.64. The van der Waals surface area contributed by atoms with Gasteiger partial charge in [0, 0.05) is 12.3 Å². The van der Waals surface area contributed by atoms with E-state index in [0.29, 0.717) is 18.8 Å². The third kappa shape index (κ3) is 3.31. The van der Waals surface area contributed by atoms with Crippen LogP contribution >= 0.6 is 0 Å². The van der Waals surface area contributed by atoms with E-state index in [9.17, 15) is 9.59 Å². The van der Waals surface area contributed by atoms with Crippen LogP contribution in [0.4, 0.5) is 0 Å². The Morgan fingerprint density at radius 1 is 1.16 bits per heavy atom. The van der Waals surface area contributed by atoms with Crippen molar-refractivity contribution in [2.24, 2.45) is 28.6 Å². The molecule has 4 rings (SSSR count). The third-order valence-electron chi connectivity index (χ3n) is 9.49. The molecule has 31 heavy (non-hydrogen) atoms. The zero-order valence-corrected chi connectivity index (χ0v) is 19.9. The van der Waals surface area contributed by atoms with E-state index in [1.54, 1.807) is 0 Å². The predicted octanol–water partition coefficient (Wildman–Crippen LogP) is 6.26. The van der Waals surface area contributed by atoms with E-state index >= 15 is 0 Å². The molecule has 0 amide bonds. The summed E-state index contributed by atoms with van der Waals surface area (Å²) in [6, 6.07) is 10.6. The molecule has 0 aliphatic heterocycles. The highest BCUT2D eigenvalue weighted by Crippen LogP contribution is 2.63. The molecule has 0 spiro atoms. The van der Waals surface area contributed by atoms with Gasteiger partial charge in [-0.1, -0.05) is 83.5 Å². The standard InChI is InChI=1S/C28H38O3/c1-18-12-13-22(26(4,5)21-10-8-7-9-11-21)23(16-18)31-25(30)28-17-19(2)27(6,20(28)3)15-14-24(28)29/h7-11,18,20,22-23H,2,12-17H2,1,3-6H3/t18-,20?,22-,23-,27+,28+/m1/s1. The van der Waals surface area contributed by atoms with Crippen LogP contribution in [0.15, 0.2) is 42.5 Å². The molecule has 3 aliphatic rings. The van der Waals surface area contributed by atoms with Crippen molar-refractivity contribution in [3.8, 4) is 0 Å². The van der Waals surface area contributed by atoms with Gasteiger partial charge in [-0.25, -0.2) is 0 Å². The molecule has 168 valence electrons. The highest BCUT2D eigenvalue weighted by molar-refractivity contribution is 6.06. The Morgan fingerprint density at radius 3 is 2.52 bits per heavy atom. The summed E-state index contributed by atoms with van der Waals surface area (Å²) < 4.78 is 6.38. The monoisotopic (exact) mass is 422 g/mol. The topological polar surface area (TPSA) is 43.4 Å². The van der Waals surface area contributed by atoms with E-state index in [0.717, 1.165) is 31.3 Å². The fourth-order valence-corrected chi connectivity index (χ4v) is 6.84. The number of fused-ring (bicyclic) bond motifs is 2. The van der Waals surface area contributed by atoms with Crippen LogP contribution in [-0.2, 0) is 19.7 Å². The molecular formula is C28H38O3. The average Bonchev–Trinajstić information content (AvgIpc) is 2.87. The summed E-state index contributed by atoms with van der Waals surface area (Å²) in [7, 11) is 0. The number of hydrogen-bond donors (Lipinski definition) is 0. The molecule has 3 nitrogen and oxygen atoms in total. The maximum Gasteiger partial charge on any atom is 0.320 e. The lowest BCUT2D eigenvalue weighted by atomic mass is 9.61. The third-order valence-corrected chi connectivity index (χ3v) is 9.49. The second kappa shape index (κ2) is 7.60. The van der Waals surface area contributed by atoms with Crippen LogP contribution < -0.4 is 0 Å². The number of allylic oxidation sites excluding steroid dienone is 1. The van der Waals surface area contributed by atoms with Gasteiger partial charge in [-0.3, -0.25) is 9.59 Å². The lowest BCUT2D eigenvalue weighted by Gasteiger charge is -2.46. The Bertz CT molecular complexity index is 885. The number of rotatable bonds is 4. The first-order valence-corrected chi connectivity index (χ1v) is 12.0. The Hall–Kier alpha value is -1.90. The highest BCUT2D eigenvalue weighted by Gasteiger charge is 2.66. The zero-order valence-electron chi connectivity index (χ0n) is 19.9. The van der Waals surface area contributed by atoms with Crippen molar-refractivity contribution in [2.45, 2.75) is 84.7 Å². The van der Waals surface area contributed by atoms with Gasteiger partial charge in [-0.2, -0.15) is 0 Å². The van der Waals surface area contributed by atoms with Gasteiger partial charge in [-0.15, -0.1) is 0 Å². The Labute approximate surface area is 187 Å². The highest BCUT2D eigenvalue weighted by atomic mass is 16.5. The number of ketones is 1. The van der Waals surface area contributed by atoms with E-state index in [2.05, 4.69) is 65.5 Å². The number of carbonyl (C=O) groups is 2. The minimum Gasteiger partial charge on any atom is -0.461 e. The number of Topliss-reactive ketones (excluding diaryl/α,β-unsaturated/α-hetero) is 1. The Morgan fingerprint density at radius 2 is 1.84 bits per heavy atom. The summed E-state index contributed by atoms with van der Waals surface area (Å²) >= 11 is 0. The second-order valence-electron chi connectivity index (χ2n) is 11.4. The summed E-state index contributed by atoms with van der Waals surface area (Å²) in [5.74, 6) is 0.465. The van der Waals surface area contributed by atoms with Crippen LogP contribution in [0.2, 0.25) is 0 Å². The van der Waals surface area contributed by atoms with Crippen LogP contribution in [0.25, 0.3) is 0 Å². The van der Waals surface area contributed by atoms with Crippen molar-refractivity contribution < 1.29 is 14.3 Å². The summed E-state index contributed by atoms with van der Waals surface area (Å²) in [6.07, 6.45) is 4.58. The summed E-state index contributed by atoms with van der Waals surface area (Å²) in [4.78, 5) is 27.0. The van der Waals surface area contributed by atoms with Crippen LogP contribution in [0.1, 0.15) is 78.7 Å². The molecule has 3 heteroatoms. The van der Waals surface area contributed by atoms with Gasteiger partial charge in [0.1, 0.15) is 11.5 Å². The molecule has 0 saturated heterocycles. The molecule has 0 radical (unpaired) electrons. The number of benzene rings is 1. The van der Waals surface area contributed by atoms with E-state index in [1.807, 2.05) is 6.07 Å². The van der Waals surface area contributed by atoms with E-state index in [4.69, 9.17) is 4.74 Å². The minimum atomic E-state index is -1.04. The second-order valence-corrected chi connectivity index (χ2v) is 11.4. The van der Waals surface area contributed by atoms with Gasteiger partial charge in [0.25, 0.3) is 0 Å². The first-order chi connectivity index (χ1) is 14.5. The smallest absolute Gasteiger partial charge is 0.320 e. The Kier molecular flexibility index (Phi) is 5.47. The van der Waals surface area contributed by atoms with Crippen LogP contribution in [-0.4, -0.2) is 17.9 Å². The molecule has 0 heterocycles. The number of esters is 1. The van der Waals surface area contributed by atoms with E-state index in [-0.39, 0.29) is 40.5 Å². The maximum absolute atomic E-state index is 13.8. The molecule has 1 aromatic rings. The summed E-state index contributed by atoms with van der Waals surface area (Å²) in [5, 5.41) is 0. The zero-order chi connectivity index (χ0) is 22.6. The van der Waals surface area contributed by atoms with Gasteiger partial charge in [-0.05, 0) is 53.9 Å². The number of carbonyl (C=O) groups excluding carboxylic acids is 2. The molecule has 1 aromatic carbocycles. The largest absolute Gasteiger partial charge is 0.461 e. The molecule has 0 aromatic heterocycles. The van der Waals surface area contributed by atoms with E-state index < -0.39 is 5.41 Å². The van der Waals surface area contributed by atoms with Crippen LogP contribution in [0, 0.1) is 28.6 Å². The summed E-state index contributed by atoms with van der Waals surface area (Å²) in [5.41, 5.74) is 1.03.